The van der Waals surface area contributed by atoms with Crippen LogP contribution in [0.15, 0.2) is 30.5 Å². The molecular weight excluding hydrogens is 134 g/mol. The highest BCUT2D eigenvalue weighted by atomic mass is 14.6. The van der Waals surface area contributed by atoms with Crippen molar-refractivity contribution < 1.29 is 0 Å². The molecule has 0 aliphatic carbocycles. The Bertz CT molecular complexity index is 379. The summed E-state index contributed by atoms with van der Waals surface area (Å²) in [4.78, 5) is 4.19. The number of hydrogen-bond acceptors (Lipinski definition) is 1. The van der Waals surface area contributed by atoms with E-state index in [2.05, 4.69) is 17.1 Å². The summed E-state index contributed by atoms with van der Waals surface area (Å²) in [7, 11) is 0. The first-order chi connectivity index (χ1) is 5.36. The van der Waals surface area contributed by atoms with Crippen molar-refractivity contribution in [1.29, 1.82) is 0 Å². The second-order valence-electron chi connectivity index (χ2n) is 2.58. The van der Waals surface area contributed by atoms with Crippen molar-refractivity contribution in [2.45, 2.75) is 6.92 Å². The number of nitrogens with zero attached hydrogens (tertiary/aromatic N) is 1. The predicted octanol–water partition coefficient (Wildman–Crippen LogP) is 2.34. The summed E-state index contributed by atoms with van der Waals surface area (Å²) in [6.07, 6.45) is 1.79. The summed E-state index contributed by atoms with van der Waals surface area (Å²) in [6, 6.07) is 11.3. The molecule has 0 spiro atoms. The fourth-order valence-corrected chi connectivity index (χ4v) is 1.10. The van der Waals surface area contributed by atoms with Crippen molar-refractivity contribution in [3.05, 3.63) is 42.1 Å². The minimum absolute atomic E-state index is 0.951. The van der Waals surface area contributed by atoms with Crippen LogP contribution in [0.2, 0.25) is 0 Å². The summed E-state index contributed by atoms with van der Waals surface area (Å²) < 4.78 is 0. The number of hydrogen-bond donors (Lipinski definition) is 0. The lowest BCUT2D eigenvalue weighted by Gasteiger charge is -1.95. The molecule has 0 aliphatic rings. The topological polar surface area (TPSA) is 12.9 Å². The van der Waals surface area contributed by atoms with Gasteiger partial charge in [0.05, 0.1) is 5.52 Å². The van der Waals surface area contributed by atoms with E-state index in [1.54, 1.807) is 6.20 Å². The van der Waals surface area contributed by atoms with Crippen molar-refractivity contribution in [2.75, 3.05) is 0 Å². The molecule has 1 radical (unpaired) electrons. The normalized spacial score (nSPS) is 10.3. The van der Waals surface area contributed by atoms with Crippen LogP contribution in [-0.4, -0.2) is 4.98 Å². The first kappa shape index (κ1) is 6.35. The second-order valence-corrected chi connectivity index (χ2v) is 2.58. The van der Waals surface area contributed by atoms with E-state index in [-0.39, 0.29) is 0 Å². The van der Waals surface area contributed by atoms with Crippen LogP contribution in [-0.2, 0) is 0 Å². The van der Waals surface area contributed by atoms with Crippen LogP contribution >= 0.6 is 0 Å². The van der Waals surface area contributed by atoms with E-state index < -0.39 is 0 Å². The molecule has 0 atom stereocenters. The van der Waals surface area contributed by atoms with Crippen LogP contribution in [0.3, 0.4) is 0 Å². The van der Waals surface area contributed by atoms with Crippen LogP contribution in [0.4, 0.5) is 0 Å². The summed E-state index contributed by atoms with van der Waals surface area (Å²) in [5, 5.41) is 1.15. The molecule has 1 aromatic heterocycles. The Labute approximate surface area is 65.7 Å². The highest BCUT2D eigenvalue weighted by Crippen LogP contribution is 2.10. The van der Waals surface area contributed by atoms with Crippen LogP contribution < -0.4 is 0 Å². The Morgan fingerprint density at radius 1 is 1.27 bits per heavy atom. The molecule has 2 aromatic rings. The molecule has 0 saturated heterocycles. The van der Waals surface area contributed by atoms with E-state index in [1.807, 2.05) is 25.1 Å². The van der Waals surface area contributed by atoms with Gasteiger partial charge in [0.25, 0.3) is 0 Å². The fraction of sp³-hybridized carbons (Fsp3) is 0.100. The Morgan fingerprint density at radius 3 is 3.09 bits per heavy atom. The van der Waals surface area contributed by atoms with Gasteiger partial charge >= 0.3 is 0 Å². The van der Waals surface area contributed by atoms with Gasteiger partial charge in [0.1, 0.15) is 0 Å². The van der Waals surface area contributed by atoms with E-state index in [0.29, 0.717) is 0 Å². The number of aryl methyl sites for hydroxylation is 1. The molecule has 0 bridgehead atoms. The monoisotopic (exact) mass is 142 g/mol. The minimum Gasteiger partial charge on any atom is -0.256 e. The zero-order valence-electron chi connectivity index (χ0n) is 6.33. The van der Waals surface area contributed by atoms with Gasteiger partial charge in [0.15, 0.2) is 0 Å². The van der Waals surface area contributed by atoms with E-state index in [9.17, 15) is 0 Å². The number of benzene rings is 1. The molecular formula is C10H8N. The molecule has 53 valence electrons. The lowest BCUT2D eigenvalue weighted by molar-refractivity contribution is 1.38. The number of fused-ring (bicyclic) bond motifs is 1. The molecule has 1 nitrogen and oxygen atoms in total. The van der Waals surface area contributed by atoms with Gasteiger partial charge in [-0.25, -0.2) is 0 Å². The minimum atomic E-state index is 0.951. The number of aromatic nitrogens is 1. The Morgan fingerprint density at radius 2 is 2.18 bits per heavy atom. The van der Waals surface area contributed by atoms with E-state index in [1.165, 1.54) is 0 Å². The Hall–Kier alpha value is -1.37. The van der Waals surface area contributed by atoms with Gasteiger partial charge in [-0.2, -0.15) is 0 Å². The first-order valence-corrected chi connectivity index (χ1v) is 3.60. The number of pyridine rings is 1. The maximum absolute atomic E-state index is 4.19. The maximum atomic E-state index is 4.19. The molecule has 0 amide bonds. The highest BCUT2D eigenvalue weighted by Gasteiger charge is 1.91. The van der Waals surface area contributed by atoms with Crippen molar-refractivity contribution in [2.24, 2.45) is 0 Å². The zero-order valence-corrected chi connectivity index (χ0v) is 6.33. The summed E-state index contributed by atoms with van der Waals surface area (Å²) >= 11 is 0. The van der Waals surface area contributed by atoms with Crippen molar-refractivity contribution in [3.8, 4) is 0 Å². The average molecular weight is 142 g/mol. The highest BCUT2D eigenvalue weighted by molar-refractivity contribution is 5.78. The molecule has 0 saturated carbocycles. The second kappa shape index (κ2) is 2.35. The van der Waals surface area contributed by atoms with E-state index >= 15 is 0 Å². The molecule has 1 aromatic carbocycles. The third kappa shape index (κ3) is 1.09. The van der Waals surface area contributed by atoms with Crippen LogP contribution in [0.25, 0.3) is 10.9 Å². The molecule has 1 heterocycles. The van der Waals surface area contributed by atoms with E-state index in [4.69, 9.17) is 0 Å². The summed E-state index contributed by atoms with van der Waals surface area (Å²) in [5.74, 6) is 0. The fourth-order valence-electron chi connectivity index (χ4n) is 1.10. The van der Waals surface area contributed by atoms with Crippen LogP contribution in [0.1, 0.15) is 5.56 Å². The third-order valence-corrected chi connectivity index (χ3v) is 1.67. The predicted molar refractivity (Wildman–Crippen MR) is 45.3 cm³/mol. The smallest absolute Gasteiger partial charge is 0.0783 e. The first-order valence-electron chi connectivity index (χ1n) is 3.60. The largest absolute Gasteiger partial charge is 0.256 e. The third-order valence-electron chi connectivity index (χ3n) is 1.67. The number of rotatable bonds is 0. The maximum Gasteiger partial charge on any atom is 0.0783 e. The summed E-state index contributed by atoms with van der Waals surface area (Å²) in [6.45, 7) is 2.02. The van der Waals surface area contributed by atoms with Crippen molar-refractivity contribution >= 4 is 10.9 Å². The molecule has 0 aliphatic heterocycles. The molecule has 0 unspecified atom stereocenters. The lowest BCUT2D eigenvalue weighted by atomic mass is 10.1. The Balaban J connectivity index is 2.83. The quantitative estimate of drug-likeness (QED) is 0.550. The summed E-state index contributed by atoms with van der Waals surface area (Å²) in [5.41, 5.74) is 2.09. The SMILES string of the molecule is Cc1[c]c2ncccc2cc1. The molecule has 1 heteroatoms. The molecule has 0 fully saturated rings. The van der Waals surface area contributed by atoms with E-state index in [0.717, 1.165) is 16.5 Å². The van der Waals surface area contributed by atoms with Crippen LogP contribution in [0.5, 0.6) is 0 Å². The van der Waals surface area contributed by atoms with Crippen molar-refractivity contribution in [3.63, 3.8) is 0 Å². The van der Waals surface area contributed by atoms with Gasteiger partial charge in [-0.3, -0.25) is 4.98 Å². The van der Waals surface area contributed by atoms with Gasteiger partial charge < -0.3 is 0 Å². The van der Waals surface area contributed by atoms with Gasteiger partial charge in [-0.1, -0.05) is 18.2 Å². The molecule has 2 rings (SSSR count). The van der Waals surface area contributed by atoms with Gasteiger partial charge in [-0.15, -0.1) is 0 Å². The van der Waals surface area contributed by atoms with Crippen LogP contribution in [0, 0.1) is 13.0 Å². The lowest BCUT2D eigenvalue weighted by Crippen LogP contribution is -1.78. The van der Waals surface area contributed by atoms with Gasteiger partial charge in [-0.05, 0) is 18.6 Å². The van der Waals surface area contributed by atoms with Crippen molar-refractivity contribution in [1.82, 2.24) is 4.98 Å². The average Bonchev–Trinajstić information content (AvgIpc) is 2.04. The zero-order chi connectivity index (χ0) is 7.68. The van der Waals surface area contributed by atoms with Gasteiger partial charge in [0.2, 0.25) is 0 Å². The standard InChI is InChI=1S/C10H8N/c1-8-4-5-9-3-2-6-11-10(9)7-8/h2-6H,1H3. The molecule has 11 heavy (non-hydrogen) atoms. The Kier molecular flexibility index (Phi) is 1.35. The van der Waals surface area contributed by atoms with Gasteiger partial charge in [0, 0.05) is 17.6 Å². The molecule has 0 N–H and O–H groups in total.